The monoisotopic (exact) mass is 361 g/mol. The van der Waals surface area contributed by atoms with Crippen LogP contribution in [-0.2, 0) is 0 Å². The normalized spacial score (nSPS) is 7.88. The molecule has 0 atom stereocenters. The first-order valence-corrected chi connectivity index (χ1v) is 6.07. The Kier molecular flexibility index (Phi) is 58.1. The maximum absolute atomic E-state index is 8.07. The summed E-state index contributed by atoms with van der Waals surface area (Å²) in [6.07, 6.45) is 6.11. The van der Waals surface area contributed by atoms with Gasteiger partial charge in [-0.05, 0) is 19.3 Å². The molecule has 4 heteroatoms. The fourth-order valence-electron chi connectivity index (χ4n) is 0.474. The van der Waals surface area contributed by atoms with Crippen molar-refractivity contribution in [3.05, 3.63) is 0 Å². The van der Waals surface area contributed by atoms with Gasteiger partial charge in [0.1, 0.15) is 0 Å². The first-order chi connectivity index (χ1) is 7.24. The predicted molar refractivity (Wildman–Crippen MR) is 66.0 cm³/mol. The molecule has 0 aliphatic rings. The zero-order valence-electron chi connectivity index (χ0n) is 11.3. The van der Waals surface area contributed by atoms with Gasteiger partial charge in [0, 0.05) is 55.4 Å². The van der Waals surface area contributed by atoms with Crippen molar-refractivity contribution in [2.24, 2.45) is 0 Å². The van der Waals surface area contributed by atoms with Crippen molar-refractivity contribution in [3.63, 3.8) is 0 Å². The molecule has 99 valence electrons. The molecule has 1 radical (unpaired) electrons. The largest absolute Gasteiger partial charge is 0.396 e. The van der Waals surface area contributed by atoms with Crippen molar-refractivity contribution >= 4 is 0 Å². The topological polar surface area (TPSA) is 60.7 Å². The van der Waals surface area contributed by atoms with Gasteiger partial charge in [-0.25, -0.2) is 0 Å². The van der Waals surface area contributed by atoms with Crippen molar-refractivity contribution < 1.29 is 50.9 Å². The molecule has 3 N–H and O–H groups in total. The third kappa shape index (κ3) is 59.7. The Morgan fingerprint density at radius 1 is 0.562 bits per heavy atom. The van der Waals surface area contributed by atoms with Crippen LogP contribution in [0.4, 0.5) is 0 Å². The molecule has 0 aliphatic carbocycles. The molecule has 0 heterocycles. The molecule has 0 amide bonds. The van der Waals surface area contributed by atoms with Gasteiger partial charge in [-0.15, -0.1) is 0 Å². The number of unbranched alkanes of at least 4 members (excludes halogenated alkanes) is 3. The van der Waals surface area contributed by atoms with Gasteiger partial charge in [0.05, 0.1) is 0 Å². The Balaban J connectivity index is -0.0000000655. The van der Waals surface area contributed by atoms with Crippen LogP contribution in [0.1, 0.15) is 59.3 Å². The number of rotatable bonds is 6. The van der Waals surface area contributed by atoms with E-state index in [4.69, 9.17) is 15.3 Å². The van der Waals surface area contributed by atoms with Gasteiger partial charge in [0.15, 0.2) is 0 Å². The summed E-state index contributed by atoms with van der Waals surface area (Å²) in [6.45, 7) is 7.19. The molecule has 0 fully saturated rings. The molecule has 0 saturated heterocycles. The molecule has 3 nitrogen and oxygen atoms in total. The number of hydrogen-bond donors (Lipinski definition) is 3. The van der Waals surface area contributed by atoms with E-state index < -0.39 is 0 Å². The zero-order valence-corrected chi connectivity index (χ0v) is 14.9. The van der Waals surface area contributed by atoms with Crippen molar-refractivity contribution in [1.29, 1.82) is 0 Å². The van der Waals surface area contributed by atoms with E-state index in [0.717, 1.165) is 38.5 Å². The van der Waals surface area contributed by atoms with Gasteiger partial charge in [0.25, 0.3) is 0 Å². The molecule has 0 bridgehead atoms. The van der Waals surface area contributed by atoms with Gasteiger partial charge in [-0.3, -0.25) is 0 Å². The maximum atomic E-state index is 8.07. The van der Waals surface area contributed by atoms with E-state index in [1.807, 2.05) is 0 Å². The number of hydrogen-bond acceptors (Lipinski definition) is 3. The first kappa shape index (κ1) is 25.8. The molecule has 0 rings (SSSR count). The molecule has 0 aromatic carbocycles. The van der Waals surface area contributed by atoms with Gasteiger partial charge >= 0.3 is 0 Å². The smallest absolute Gasteiger partial charge is 0.0430 e. The number of aliphatic hydroxyl groups excluding tert-OH is 3. The third-order valence-electron chi connectivity index (χ3n) is 1.54. The molecule has 0 unspecified atom stereocenters. The summed E-state index contributed by atoms with van der Waals surface area (Å²) in [7, 11) is 0. The molecule has 0 aromatic rings. The van der Waals surface area contributed by atoms with Crippen LogP contribution in [0.25, 0.3) is 0 Å². The van der Waals surface area contributed by atoms with Crippen LogP contribution < -0.4 is 0 Å². The van der Waals surface area contributed by atoms with E-state index in [1.54, 1.807) is 0 Å². The minimum atomic E-state index is 0. The van der Waals surface area contributed by atoms with E-state index in [2.05, 4.69) is 20.8 Å². The van der Waals surface area contributed by atoms with E-state index in [0.29, 0.717) is 19.8 Å². The van der Waals surface area contributed by atoms with Crippen LogP contribution in [0, 0.1) is 35.6 Å². The average Bonchev–Trinajstić information content (AvgIpc) is 2.23. The van der Waals surface area contributed by atoms with Crippen LogP contribution >= 0.6 is 0 Å². The summed E-state index contributed by atoms with van der Waals surface area (Å²) in [5.41, 5.74) is 0. The molecule has 0 aromatic heterocycles. The Morgan fingerprint density at radius 3 is 0.750 bits per heavy atom. The summed E-state index contributed by atoms with van der Waals surface area (Å²) < 4.78 is 0. The van der Waals surface area contributed by atoms with E-state index >= 15 is 0 Å². The van der Waals surface area contributed by atoms with Gasteiger partial charge < -0.3 is 15.3 Å². The van der Waals surface area contributed by atoms with E-state index in [-0.39, 0.29) is 35.6 Å². The molecule has 0 spiro atoms. The van der Waals surface area contributed by atoms with Gasteiger partial charge in [-0.2, -0.15) is 0 Å². The van der Waals surface area contributed by atoms with Crippen molar-refractivity contribution in [1.82, 2.24) is 0 Å². The predicted octanol–water partition coefficient (Wildman–Crippen LogP) is 2.34. The number of aliphatic hydroxyl groups is 3. The Labute approximate surface area is 129 Å². The fourth-order valence-corrected chi connectivity index (χ4v) is 0.474. The summed E-state index contributed by atoms with van der Waals surface area (Å²) in [5, 5.41) is 24.2. The minimum absolute atomic E-state index is 0. The SMILES string of the molecule is CCCCO.CCCCO.CCCCO.[La]. The third-order valence-corrected chi connectivity index (χ3v) is 1.54. The summed E-state index contributed by atoms with van der Waals surface area (Å²) >= 11 is 0. The first-order valence-electron chi connectivity index (χ1n) is 6.07. The van der Waals surface area contributed by atoms with Crippen LogP contribution in [-0.4, -0.2) is 35.1 Å². The summed E-state index contributed by atoms with van der Waals surface area (Å²) in [4.78, 5) is 0. The second kappa shape index (κ2) is 36.0. The van der Waals surface area contributed by atoms with Crippen LogP contribution in [0.15, 0.2) is 0 Å². The molecular formula is C12H30LaO3. The Hall–Kier alpha value is 1.07. The Morgan fingerprint density at radius 2 is 0.750 bits per heavy atom. The quantitative estimate of drug-likeness (QED) is 0.681. The molecule has 0 aliphatic heterocycles. The van der Waals surface area contributed by atoms with Gasteiger partial charge in [0.2, 0.25) is 0 Å². The second-order valence-corrected chi connectivity index (χ2v) is 3.23. The van der Waals surface area contributed by atoms with Crippen LogP contribution in [0.3, 0.4) is 0 Å². The van der Waals surface area contributed by atoms with Gasteiger partial charge in [-0.1, -0.05) is 40.0 Å². The summed E-state index contributed by atoms with van der Waals surface area (Å²) in [6, 6.07) is 0. The molecule has 16 heavy (non-hydrogen) atoms. The fraction of sp³-hybridized carbons (Fsp3) is 1.00. The van der Waals surface area contributed by atoms with E-state index in [1.165, 1.54) is 0 Å². The van der Waals surface area contributed by atoms with Crippen molar-refractivity contribution in [2.45, 2.75) is 59.3 Å². The van der Waals surface area contributed by atoms with E-state index in [9.17, 15) is 0 Å². The molecule has 0 saturated carbocycles. The standard InChI is InChI=1S/3C4H10O.La/c3*1-2-3-4-5;/h3*5H,2-4H2,1H3;. The van der Waals surface area contributed by atoms with Crippen molar-refractivity contribution in [2.75, 3.05) is 19.8 Å². The zero-order chi connectivity index (χ0) is 12.4. The maximum Gasteiger partial charge on any atom is 0.0430 e. The molecular weight excluding hydrogens is 331 g/mol. The van der Waals surface area contributed by atoms with Crippen LogP contribution in [0.2, 0.25) is 0 Å². The van der Waals surface area contributed by atoms with Crippen molar-refractivity contribution in [3.8, 4) is 0 Å². The Bertz CT molecular complexity index is 53.0. The van der Waals surface area contributed by atoms with Crippen LogP contribution in [0.5, 0.6) is 0 Å². The summed E-state index contributed by atoms with van der Waals surface area (Å²) in [5.74, 6) is 0. The average molecular weight is 361 g/mol. The second-order valence-electron chi connectivity index (χ2n) is 3.23. The minimum Gasteiger partial charge on any atom is -0.396 e.